The molecule has 1 aliphatic rings. The summed E-state index contributed by atoms with van der Waals surface area (Å²) in [5.41, 5.74) is 4.88. The van der Waals surface area contributed by atoms with Crippen LogP contribution in [-0.4, -0.2) is 24.4 Å². The number of carbonyl (C=O) groups excluding carboxylic acids is 2. The van der Waals surface area contributed by atoms with Gasteiger partial charge in [-0.2, -0.15) is 0 Å². The minimum absolute atomic E-state index is 0.0121. The Hall–Kier alpha value is -3.02. The van der Waals surface area contributed by atoms with E-state index in [0.717, 1.165) is 25.2 Å². The van der Waals surface area contributed by atoms with Crippen molar-refractivity contribution in [2.45, 2.75) is 32.9 Å². The van der Waals surface area contributed by atoms with Gasteiger partial charge >= 0.3 is 0 Å². The van der Waals surface area contributed by atoms with Crippen molar-refractivity contribution in [3.63, 3.8) is 0 Å². The highest BCUT2D eigenvalue weighted by Gasteiger charge is 2.22. The maximum absolute atomic E-state index is 13.1. The summed E-state index contributed by atoms with van der Waals surface area (Å²) in [6.07, 6.45) is 0.914. The van der Waals surface area contributed by atoms with E-state index in [1.54, 1.807) is 18.2 Å². The van der Waals surface area contributed by atoms with Crippen LogP contribution >= 0.6 is 23.2 Å². The van der Waals surface area contributed by atoms with Gasteiger partial charge in [0.05, 0.1) is 15.6 Å². The number of halogens is 2. The van der Waals surface area contributed by atoms with Crippen LogP contribution in [0.5, 0.6) is 0 Å². The molecule has 0 saturated heterocycles. The zero-order chi connectivity index (χ0) is 23.5. The molecule has 0 atom stereocenters. The molecule has 2 N–H and O–H groups in total. The summed E-state index contributed by atoms with van der Waals surface area (Å²) in [6, 6.07) is 18.5. The molecule has 0 aromatic heterocycles. The molecule has 2 amide bonds. The fourth-order valence-electron chi connectivity index (χ4n) is 3.95. The van der Waals surface area contributed by atoms with Crippen molar-refractivity contribution in [1.82, 2.24) is 5.32 Å². The van der Waals surface area contributed by atoms with Crippen LogP contribution < -0.4 is 15.5 Å². The Labute approximate surface area is 203 Å². The van der Waals surface area contributed by atoms with Crippen molar-refractivity contribution in [3.05, 3.63) is 93.0 Å². The number of hydrogen-bond donors (Lipinski definition) is 2. The topological polar surface area (TPSA) is 61.4 Å². The van der Waals surface area contributed by atoms with E-state index in [1.165, 1.54) is 17.2 Å². The molecule has 0 saturated carbocycles. The summed E-state index contributed by atoms with van der Waals surface area (Å²) in [5.74, 6) is -0.507. The van der Waals surface area contributed by atoms with E-state index in [1.807, 2.05) is 32.0 Å². The molecular formula is C26H25Cl2N3O2. The first-order valence-corrected chi connectivity index (χ1v) is 11.6. The maximum Gasteiger partial charge on any atom is 0.255 e. The number of benzene rings is 3. The van der Waals surface area contributed by atoms with E-state index in [2.05, 4.69) is 33.7 Å². The third-order valence-electron chi connectivity index (χ3n) is 5.57. The summed E-state index contributed by atoms with van der Waals surface area (Å²) in [7, 11) is 0. The first kappa shape index (κ1) is 23.1. The lowest BCUT2D eigenvalue weighted by Gasteiger charge is -2.32. The Bertz CT molecular complexity index is 1210. The quantitative estimate of drug-likeness (QED) is 0.473. The summed E-state index contributed by atoms with van der Waals surface area (Å²) >= 11 is 12.0. The van der Waals surface area contributed by atoms with Gasteiger partial charge in [-0.3, -0.25) is 9.59 Å². The van der Waals surface area contributed by atoms with Crippen molar-refractivity contribution in [2.75, 3.05) is 16.8 Å². The monoisotopic (exact) mass is 481 g/mol. The second-order valence-corrected chi connectivity index (χ2v) is 9.20. The van der Waals surface area contributed by atoms with Crippen LogP contribution in [0.15, 0.2) is 60.7 Å². The highest BCUT2D eigenvalue weighted by atomic mass is 35.5. The Morgan fingerprint density at radius 3 is 2.39 bits per heavy atom. The number of nitrogens with one attached hydrogen (secondary N) is 2. The van der Waals surface area contributed by atoms with Crippen molar-refractivity contribution in [1.29, 1.82) is 0 Å². The molecule has 0 bridgehead atoms. The number of carbonyl (C=O) groups is 2. The fourth-order valence-corrected chi connectivity index (χ4v) is 4.25. The Morgan fingerprint density at radius 2 is 1.67 bits per heavy atom. The van der Waals surface area contributed by atoms with Gasteiger partial charge in [0, 0.05) is 36.1 Å². The van der Waals surface area contributed by atoms with E-state index in [-0.39, 0.29) is 17.9 Å². The summed E-state index contributed by atoms with van der Waals surface area (Å²) in [4.78, 5) is 28.0. The number of rotatable bonds is 5. The zero-order valence-electron chi connectivity index (χ0n) is 18.5. The van der Waals surface area contributed by atoms with Crippen LogP contribution in [0.25, 0.3) is 0 Å². The first-order valence-electron chi connectivity index (χ1n) is 10.8. The Balaban J connectivity index is 1.63. The lowest BCUT2D eigenvalue weighted by molar-refractivity contribution is 0.0942. The Kier molecular flexibility index (Phi) is 6.91. The summed E-state index contributed by atoms with van der Waals surface area (Å²) < 4.78 is 0. The minimum atomic E-state index is -0.330. The van der Waals surface area contributed by atoms with Crippen LogP contribution in [-0.2, 0) is 13.0 Å². The molecule has 7 heteroatoms. The second-order valence-electron chi connectivity index (χ2n) is 8.38. The van der Waals surface area contributed by atoms with Gasteiger partial charge in [0.25, 0.3) is 11.8 Å². The lowest BCUT2D eigenvalue weighted by atomic mass is 9.98. The van der Waals surface area contributed by atoms with Gasteiger partial charge in [0.1, 0.15) is 0 Å². The highest BCUT2D eigenvalue weighted by molar-refractivity contribution is 6.42. The molecule has 0 unspecified atom stereocenters. The van der Waals surface area contributed by atoms with E-state index < -0.39 is 0 Å². The average Bonchev–Trinajstić information content (AvgIpc) is 2.80. The molecule has 0 radical (unpaired) electrons. The number of amides is 2. The molecule has 3 aromatic carbocycles. The fraction of sp³-hybridized carbons (Fsp3) is 0.231. The number of fused-ring (bicyclic) bond motifs is 1. The molecule has 1 aliphatic heterocycles. The van der Waals surface area contributed by atoms with E-state index in [9.17, 15) is 9.59 Å². The highest BCUT2D eigenvalue weighted by Crippen LogP contribution is 2.30. The van der Waals surface area contributed by atoms with Crippen molar-refractivity contribution < 1.29 is 9.59 Å². The smallest absolute Gasteiger partial charge is 0.255 e. The van der Waals surface area contributed by atoms with Crippen LogP contribution in [0.4, 0.5) is 11.4 Å². The van der Waals surface area contributed by atoms with Gasteiger partial charge in [-0.25, -0.2) is 0 Å². The standard InChI is InChI=1S/C26H25Cl2N3O2/c1-16(2)29-26(33)21-14-20(30-25(32)18-7-9-22(27)23(28)13-18)8-10-24(21)31-12-11-17-5-3-4-6-19(17)15-31/h3-10,13-14,16H,11-12,15H2,1-2H3,(H,29,33)(H,30,32). The van der Waals surface area contributed by atoms with Crippen LogP contribution in [0.2, 0.25) is 10.0 Å². The largest absolute Gasteiger partial charge is 0.366 e. The van der Waals surface area contributed by atoms with Gasteiger partial charge in [-0.05, 0) is 67.8 Å². The first-order chi connectivity index (χ1) is 15.8. The van der Waals surface area contributed by atoms with E-state index in [4.69, 9.17) is 23.2 Å². The molecule has 4 rings (SSSR count). The molecule has 1 heterocycles. The minimum Gasteiger partial charge on any atom is -0.366 e. The van der Waals surface area contributed by atoms with Gasteiger partial charge < -0.3 is 15.5 Å². The van der Waals surface area contributed by atoms with Gasteiger partial charge in [-0.1, -0.05) is 47.5 Å². The average molecular weight is 482 g/mol. The Morgan fingerprint density at radius 1 is 0.909 bits per heavy atom. The van der Waals surface area contributed by atoms with Crippen molar-refractivity contribution >= 4 is 46.4 Å². The van der Waals surface area contributed by atoms with Gasteiger partial charge in [-0.15, -0.1) is 0 Å². The second kappa shape index (κ2) is 9.86. The predicted octanol–water partition coefficient (Wildman–Crippen LogP) is 5.95. The molecule has 0 fully saturated rings. The van der Waals surface area contributed by atoms with Gasteiger partial charge in [0.15, 0.2) is 0 Å². The summed E-state index contributed by atoms with van der Waals surface area (Å²) in [6.45, 7) is 5.39. The third-order valence-corrected chi connectivity index (χ3v) is 6.31. The normalized spacial score (nSPS) is 12.9. The van der Waals surface area contributed by atoms with Crippen LogP contribution in [0, 0.1) is 0 Å². The molecular weight excluding hydrogens is 457 g/mol. The molecule has 170 valence electrons. The molecule has 0 aliphatic carbocycles. The van der Waals surface area contributed by atoms with E-state index in [0.29, 0.717) is 26.9 Å². The van der Waals surface area contributed by atoms with E-state index >= 15 is 0 Å². The third kappa shape index (κ3) is 5.32. The summed E-state index contributed by atoms with van der Waals surface area (Å²) in [5, 5.41) is 6.52. The van der Waals surface area contributed by atoms with Crippen LogP contribution in [0.3, 0.4) is 0 Å². The number of anilines is 2. The van der Waals surface area contributed by atoms with Crippen molar-refractivity contribution in [2.24, 2.45) is 0 Å². The van der Waals surface area contributed by atoms with Crippen molar-refractivity contribution in [3.8, 4) is 0 Å². The predicted molar refractivity (Wildman–Crippen MR) is 135 cm³/mol. The lowest BCUT2D eigenvalue weighted by Crippen LogP contribution is -2.35. The molecule has 33 heavy (non-hydrogen) atoms. The molecule has 3 aromatic rings. The molecule has 5 nitrogen and oxygen atoms in total. The number of hydrogen-bond acceptors (Lipinski definition) is 3. The SMILES string of the molecule is CC(C)NC(=O)c1cc(NC(=O)c2ccc(Cl)c(Cl)c2)ccc1N1CCc2ccccc2C1. The number of nitrogens with zero attached hydrogens (tertiary/aromatic N) is 1. The van der Waals surface area contributed by atoms with Gasteiger partial charge in [0.2, 0.25) is 0 Å². The van der Waals surface area contributed by atoms with Crippen LogP contribution in [0.1, 0.15) is 45.7 Å². The zero-order valence-corrected chi connectivity index (χ0v) is 20.0. The molecule has 0 spiro atoms. The maximum atomic E-state index is 13.1.